The number of ether oxygens (including phenoxy) is 2. The molecule has 1 heterocycles. The molecule has 0 amide bonds. The summed E-state index contributed by atoms with van der Waals surface area (Å²) in [7, 11) is 0. The molecule has 122 valence electrons. The Morgan fingerprint density at radius 2 is 1.62 bits per heavy atom. The van der Waals surface area contributed by atoms with E-state index < -0.39 is 11.9 Å². The van der Waals surface area contributed by atoms with Crippen LogP contribution in [0.25, 0.3) is 20.8 Å². The Labute approximate surface area is 142 Å². The molecule has 0 atom stereocenters. The van der Waals surface area contributed by atoms with Crippen molar-refractivity contribution in [3.8, 4) is 22.1 Å². The highest BCUT2D eigenvalue weighted by molar-refractivity contribution is 7.21. The minimum absolute atomic E-state index is 0.171. The third-order valence-corrected chi connectivity index (χ3v) is 4.35. The Kier molecular flexibility index (Phi) is 4.31. The molecule has 0 saturated carbocycles. The van der Waals surface area contributed by atoms with Crippen LogP contribution in [0.3, 0.4) is 0 Å². The van der Waals surface area contributed by atoms with Crippen LogP contribution in [-0.2, 0) is 9.59 Å². The van der Waals surface area contributed by atoms with Crippen molar-refractivity contribution in [3.05, 3.63) is 42.0 Å². The van der Waals surface area contributed by atoms with E-state index in [-0.39, 0.29) is 11.5 Å². The molecule has 0 unspecified atom stereocenters. The number of nitrogens with zero attached hydrogens (tertiary/aromatic N) is 1. The van der Waals surface area contributed by atoms with Crippen molar-refractivity contribution in [2.75, 3.05) is 0 Å². The fourth-order valence-electron chi connectivity index (χ4n) is 2.25. The number of esters is 2. The number of hydrogen-bond donors (Lipinski definition) is 0. The molecular weight excluding hydrogens is 326 g/mol. The number of benzene rings is 2. The van der Waals surface area contributed by atoms with Crippen molar-refractivity contribution in [1.29, 1.82) is 0 Å². The fourth-order valence-corrected chi connectivity index (χ4v) is 3.22. The van der Waals surface area contributed by atoms with Gasteiger partial charge in [-0.3, -0.25) is 9.59 Å². The van der Waals surface area contributed by atoms with E-state index in [1.807, 2.05) is 31.2 Å². The van der Waals surface area contributed by atoms with E-state index in [1.54, 1.807) is 12.1 Å². The van der Waals surface area contributed by atoms with E-state index >= 15 is 0 Å². The monoisotopic (exact) mass is 341 g/mol. The van der Waals surface area contributed by atoms with Gasteiger partial charge in [-0.05, 0) is 19.1 Å². The minimum Gasteiger partial charge on any atom is -0.423 e. The van der Waals surface area contributed by atoms with Crippen molar-refractivity contribution in [3.63, 3.8) is 0 Å². The van der Waals surface area contributed by atoms with Crippen molar-refractivity contribution in [1.82, 2.24) is 4.98 Å². The highest BCUT2D eigenvalue weighted by Crippen LogP contribution is 2.40. The maximum atomic E-state index is 11.4. The molecule has 3 aromatic rings. The second kappa shape index (κ2) is 6.41. The van der Waals surface area contributed by atoms with Crippen molar-refractivity contribution >= 4 is 33.5 Å². The van der Waals surface area contributed by atoms with Gasteiger partial charge >= 0.3 is 11.9 Å². The number of thiazole rings is 1. The van der Waals surface area contributed by atoms with Crippen LogP contribution in [0, 0.1) is 6.92 Å². The van der Waals surface area contributed by atoms with Gasteiger partial charge in [-0.2, -0.15) is 0 Å². The Bertz CT molecular complexity index is 928. The number of hydrogen-bond acceptors (Lipinski definition) is 6. The predicted octanol–water partition coefficient (Wildman–Crippen LogP) is 4.12. The molecule has 24 heavy (non-hydrogen) atoms. The lowest BCUT2D eigenvalue weighted by Crippen LogP contribution is -2.07. The summed E-state index contributed by atoms with van der Waals surface area (Å²) in [6.45, 7) is 4.61. The molecule has 0 aliphatic carbocycles. The molecule has 0 aliphatic heterocycles. The molecule has 0 radical (unpaired) electrons. The Morgan fingerprint density at radius 3 is 2.25 bits per heavy atom. The lowest BCUT2D eigenvalue weighted by Gasteiger charge is -2.08. The second-order valence-corrected chi connectivity index (χ2v) is 6.34. The highest BCUT2D eigenvalue weighted by Gasteiger charge is 2.18. The average Bonchev–Trinajstić information content (AvgIpc) is 2.94. The van der Waals surface area contributed by atoms with Crippen LogP contribution in [0.4, 0.5) is 0 Å². The third kappa shape index (κ3) is 3.28. The first-order valence-electron chi connectivity index (χ1n) is 7.31. The zero-order chi connectivity index (χ0) is 17.3. The van der Waals surface area contributed by atoms with Crippen molar-refractivity contribution in [2.24, 2.45) is 0 Å². The van der Waals surface area contributed by atoms with Gasteiger partial charge in [0.25, 0.3) is 0 Å². The first kappa shape index (κ1) is 16.1. The van der Waals surface area contributed by atoms with Gasteiger partial charge < -0.3 is 9.47 Å². The smallest absolute Gasteiger partial charge is 0.308 e. The zero-order valence-corrected chi connectivity index (χ0v) is 14.3. The standard InChI is InChI=1S/C18H15NO4S/c1-10-4-6-13(7-5-10)18-19-16-15(24-18)9-8-14(22-11(2)20)17(16)23-12(3)21/h4-9H,1-3H3. The minimum atomic E-state index is -0.499. The molecule has 1 aromatic heterocycles. The Balaban J connectivity index is 2.15. The summed E-state index contributed by atoms with van der Waals surface area (Å²) in [4.78, 5) is 27.3. The van der Waals surface area contributed by atoms with Crippen molar-refractivity contribution < 1.29 is 19.1 Å². The molecule has 0 N–H and O–H groups in total. The number of aromatic nitrogens is 1. The highest BCUT2D eigenvalue weighted by atomic mass is 32.1. The Hall–Kier alpha value is -2.73. The molecular formula is C18H15NO4S. The van der Waals surface area contributed by atoms with Crippen LogP contribution in [-0.4, -0.2) is 16.9 Å². The third-order valence-electron chi connectivity index (χ3n) is 3.28. The van der Waals surface area contributed by atoms with Gasteiger partial charge in [0.15, 0.2) is 5.75 Å². The lowest BCUT2D eigenvalue weighted by molar-refractivity contribution is -0.134. The fraction of sp³-hybridized carbons (Fsp3) is 0.167. The largest absolute Gasteiger partial charge is 0.423 e. The van der Waals surface area contributed by atoms with Crippen LogP contribution >= 0.6 is 11.3 Å². The van der Waals surface area contributed by atoms with Gasteiger partial charge in [-0.1, -0.05) is 29.8 Å². The van der Waals surface area contributed by atoms with Gasteiger partial charge in [0.1, 0.15) is 10.5 Å². The Morgan fingerprint density at radius 1 is 0.958 bits per heavy atom. The van der Waals surface area contributed by atoms with E-state index in [4.69, 9.17) is 9.47 Å². The van der Waals surface area contributed by atoms with Crippen molar-refractivity contribution in [2.45, 2.75) is 20.8 Å². The summed E-state index contributed by atoms with van der Waals surface area (Å²) < 4.78 is 11.2. The molecule has 0 spiro atoms. The van der Waals surface area contributed by atoms with Crippen LogP contribution < -0.4 is 9.47 Å². The summed E-state index contributed by atoms with van der Waals surface area (Å²) in [5, 5.41) is 0.804. The predicted molar refractivity (Wildman–Crippen MR) is 92.4 cm³/mol. The number of fused-ring (bicyclic) bond motifs is 1. The van der Waals surface area contributed by atoms with Gasteiger partial charge in [0, 0.05) is 19.4 Å². The maximum absolute atomic E-state index is 11.4. The molecule has 0 aliphatic rings. The van der Waals surface area contributed by atoms with Gasteiger partial charge in [0.2, 0.25) is 5.75 Å². The first-order chi connectivity index (χ1) is 11.4. The van der Waals surface area contributed by atoms with Gasteiger partial charge in [-0.25, -0.2) is 4.98 Å². The zero-order valence-electron chi connectivity index (χ0n) is 13.5. The number of carbonyl (C=O) groups is 2. The van der Waals surface area contributed by atoms with E-state index in [0.29, 0.717) is 5.52 Å². The maximum Gasteiger partial charge on any atom is 0.308 e. The molecule has 3 rings (SSSR count). The molecule has 0 bridgehead atoms. The van der Waals surface area contributed by atoms with E-state index in [9.17, 15) is 9.59 Å². The molecule has 5 nitrogen and oxygen atoms in total. The summed E-state index contributed by atoms with van der Waals surface area (Å²) in [6.07, 6.45) is 0. The SMILES string of the molecule is CC(=O)Oc1ccc2sc(-c3ccc(C)cc3)nc2c1OC(C)=O. The van der Waals surface area contributed by atoms with E-state index in [2.05, 4.69) is 4.98 Å². The van der Waals surface area contributed by atoms with E-state index in [0.717, 1.165) is 20.8 Å². The van der Waals surface area contributed by atoms with Gasteiger partial charge in [0.05, 0.1) is 4.70 Å². The molecule has 2 aromatic carbocycles. The number of aryl methyl sites for hydroxylation is 1. The van der Waals surface area contributed by atoms with Gasteiger partial charge in [-0.15, -0.1) is 11.3 Å². The molecule has 6 heteroatoms. The summed E-state index contributed by atoms with van der Waals surface area (Å²) in [5.74, 6) is -0.631. The molecule has 0 fully saturated rings. The van der Waals surface area contributed by atoms with Crippen LogP contribution in [0.5, 0.6) is 11.5 Å². The quantitative estimate of drug-likeness (QED) is 0.529. The van der Waals surface area contributed by atoms with Crippen LogP contribution in [0.2, 0.25) is 0 Å². The van der Waals surface area contributed by atoms with Crippen LogP contribution in [0.1, 0.15) is 19.4 Å². The summed E-state index contributed by atoms with van der Waals surface area (Å²) >= 11 is 1.48. The average molecular weight is 341 g/mol. The summed E-state index contributed by atoms with van der Waals surface area (Å²) in [6, 6.07) is 11.4. The number of carbonyl (C=O) groups excluding carboxylic acids is 2. The molecule has 0 saturated heterocycles. The van der Waals surface area contributed by atoms with E-state index in [1.165, 1.54) is 25.2 Å². The lowest BCUT2D eigenvalue weighted by atomic mass is 10.2. The topological polar surface area (TPSA) is 65.5 Å². The number of rotatable bonds is 3. The van der Waals surface area contributed by atoms with Crippen LogP contribution in [0.15, 0.2) is 36.4 Å². The normalized spacial score (nSPS) is 10.6. The summed E-state index contributed by atoms with van der Waals surface area (Å²) in [5.41, 5.74) is 2.65. The first-order valence-corrected chi connectivity index (χ1v) is 8.13. The second-order valence-electron chi connectivity index (χ2n) is 5.31.